The van der Waals surface area contributed by atoms with Crippen molar-refractivity contribution in [2.45, 2.75) is 24.4 Å². The summed E-state index contributed by atoms with van der Waals surface area (Å²) < 4.78 is 52.2. The Morgan fingerprint density at radius 3 is 2.62 bits per heavy atom. The standard InChI is InChI=1S/C15H12ClF4N3O/c16-12-11(6-22-23-13(12)24)21-7-14(1-2-14)8-3-9(15(18,19)20)5-10(17)4-8/h3-6H,1-2,7H2,(H2,21,23,24). The smallest absolute Gasteiger partial charge is 0.381 e. The first kappa shape index (κ1) is 16.8. The summed E-state index contributed by atoms with van der Waals surface area (Å²) in [6.07, 6.45) is -2.09. The van der Waals surface area contributed by atoms with Gasteiger partial charge in [-0.25, -0.2) is 9.49 Å². The van der Waals surface area contributed by atoms with Gasteiger partial charge in [0.1, 0.15) is 10.8 Å². The lowest BCUT2D eigenvalue weighted by atomic mass is 9.93. The summed E-state index contributed by atoms with van der Waals surface area (Å²) in [4.78, 5) is 11.4. The maximum absolute atomic E-state index is 13.6. The maximum Gasteiger partial charge on any atom is 0.416 e. The second-order valence-electron chi connectivity index (χ2n) is 5.79. The van der Waals surface area contributed by atoms with Crippen molar-refractivity contribution in [1.29, 1.82) is 0 Å². The number of hydrogen-bond donors (Lipinski definition) is 2. The summed E-state index contributed by atoms with van der Waals surface area (Å²) in [5.41, 5.74) is -1.65. The Labute approximate surface area is 138 Å². The Balaban J connectivity index is 1.85. The van der Waals surface area contributed by atoms with Gasteiger partial charge in [-0.15, -0.1) is 0 Å². The topological polar surface area (TPSA) is 57.8 Å². The van der Waals surface area contributed by atoms with E-state index >= 15 is 0 Å². The van der Waals surface area contributed by atoms with Crippen LogP contribution < -0.4 is 10.9 Å². The van der Waals surface area contributed by atoms with Gasteiger partial charge < -0.3 is 5.32 Å². The Kier molecular flexibility index (Phi) is 4.03. The molecular weight excluding hydrogens is 350 g/mol. The van der Waals surface area contributed by atoms with Gasteiger partial charge in [0.05, 0.1) is 17.4 Å². The molecule has 3 rings (SSSR count). The number of nitrogens with one attached hydrogen (secondary N) is 2. The van der Waals surface area contributed by atoms with Crippen molar-refractivity contribution in [3.05, 3.63) is 56.7 Å². The molecule has 1 aliphatic rings. The number of hydrogen-bond acceptors (Lipinski definition) is 3. The SMILES string of the molecule is O=c1[nH]ncc(NCC2(c3cc(F)cc(C(F)(F)F)c3)CC2)c1Cl. The summed E-state index contributed by atoms with van der Waals surface area (Å²) >= 11 is 5.84. The Morgan fingerprint density at radius 1 is 1.29 bits per heavy atom. The molecule has 1 heterocycles. The highest BCUT2D eigenvalue weighted by Gasteiger charge is 2.45. The highest BCUT2D eigenvalue weighted by Crippen LogP contribution is 2.49. The van der Waals surface area contributed by atoms with E-state index < -0.39 is 28.5 Å². The van der Waals surface area contributed by atoms with Crippen LogP contribution in [0.4, 0.5) is 23.2 Å². The van der Waals surface area contributed by atoms with E-state index in [1.54, 1.807) is 0 Å². The normalized spacial score (nSPS) is 16.0. The number of alkyl halides is 3. The zero-order valence-corrected chi connectivity index (χ0v) is 12.9. The van der Waals surface area contributed by atoms with E-state index in [4.69, 9.17) is 11.6 Å². The van der Waals surface area contributed by atoms with E-state index in [2.05, 4.69) is 15.5 Å². The lowest BCUT2D eigenvalue weighted by molar-refractivity contribution is -0.137. The fourth-order valence-electron chi connectivity index (χ4n) is 2.55. The molecule has 1 aromatic carbocycles. The predicted molar refractivity (Wildman–Crippen MR) is 80.7 cm³/mol. The summed E-state index contributed by atoms with van der Waals surface area (Å²) in [7, 11) is 0. The first-order chi connectivity index (χ1) is 11.2. The van der Waals surface area contributed by atoms with Crippen LogP contribution in [0.25, 0.3) is 0 Å². The van der Waals surface area contributed by atoms with Crippen LogP contribution in [0.2, 0.25) is 5.02 Å². The minimum absolute atomic E-state index is 0.0870. The average molecular weight is 362 g/mol. The van der Waals surface area contributed by atoms with E-state index in [-0.39, 0.29) is 22.8 Å². The average Bonchev–Trinajstić information content (AvgIpc) is 3.28. The molecule has 0 atom stereocenters. The quantitative estimate of drug-likeness (QED) is 0.816. The van der Waals surface area contributed by atoms with Gasteiger partial charge in [0.15, 0.2) is 0 Å². The van der Waals surface area contributed by atoms with Crippen LogP contribution in [-0.2, 0) is 11.6 Å². The molecule has 0 aliphatic heterocycles. The third-order valence-electron chi connectivity index (χ3n) is 4.10. The minimum Gasteiger partial charge on any atom is -0.381 e. The van der Waals surface area contributed by atoms with Gasteiger partial charge in [-0.05, 0) is 36.6 Å². The molecule has 2 N–H and O–H groups in total. The van der Waals surface area contributed by atoms with Crippen molar-refractivity contribution in [3.63, 3.8) is 0 Å². The highest BCUT2D eigenvalue weighted by atomic mass is 35.5. The van der Waals surface area contributed by atoms with Crippen molar-refractivity contribution in [2.24, 2.45) is 0 Å². The second kappa shape index (κ2) is 5.77. The number of aromatic amines is 1. The van der Waals surface area contributed by atoms with Crippen LogP contribution in [0.15, 0.2) is 29.2 Å². The van der Waals surface area contributed by atoms with Crippen LogP contribution >= 0.6 is 11.6 Å². The number of nitrogens with zero attached hydrogens (tertiary/aromatic N) is 1. The maximum atomic E-state index is 13.6. The van der Waals surface area contributed by atoms with Crippen molar-refractivity contribution in [2.75, 3.05) is 11.9 Å². The first-order valence-corrected chi connectivity index (χ1v) is 7.44. The number of benzene rings is 1. The number of H-pyrrole nitrogens is 1. The van der Waals surface area contributed by atoms with Crippen LogP contribution in [-0.4, -0.2) is 16.7 Å². The van der Waals surface area contributed by atoms with Crippen molar-refractivity contribution >= 4 is 17.3 Å². The van der Waals surface area contributed by atoms with Crippen molar-refractivity contribution < 1.29 is 17.6 Å². The molecular formula is C15H12ClF4N3O. The molecule has 4 nitrogen and oxygen atoms in total. The number of aromatic nitrogens is 2. The Bertz CT molecular complexity index is 830. The lowest BCUT2D eigenvalue weighted by Crippen LogP contribution is -2.22. The summed E-state index contributed by atoms with van der Waals surface area (Å²) in [6.45, 7) is 0.221. The Morgan fingerprint density at radius 2 is 2.00 bits per heavy atom. The van der Waals surface area contributed by atoms with Crippen LogP contribution in [0.5, 0.6) is 0 Å². The fourth-order valence-corrected chi connectivity index (χ4v) is 2.71. The van der Waals surface area contributed by atoms with Gasteiger partial charge in [-0.3, -0.25) is 4.79 Å². The van der Waals surface area contributed by atoms with Crippen molar-refractivity contribution in [1.82, 2.24) is 10.2 Å². The molecule has 1 aliphatic carbocycles. The fraction of sp³-hybridized carbons (Fsp3) is 0.333. The first-order valence-electron chi connectivity index (χ1n) is 7.07. The van der Waals surface area contributed by atoms with Gasteiger partial charge in [0.25, 0.3) is 5.56 Å². The molecule has 128 valence electrons. The van der Waals surface area contributed by atoms with E-state index in [1.165, 1.54) is 6.20 Å². The van der Waals surface area contributed by atoms with Crippen molar-refractivity contribution in [3.8, 4) is 0 Å². The van der Waals surface area contributed by atoms with Gasteiger partial charge in [0.2, 0.25) is 0 Å². The molecule has 0 bridgehead atoms. The molecule has 1 saturated carbocycles. The second-order valence-corrected chi connectivity index (χ2v) is 6.16. The third kappa shape index (κ3) is 3.24. The molecule has 0 unspecified atom stereocenters. The van der Waals surface area contributed by atoms with Crippen LogP contribution in [0, 0.1) is 5.82 Å². The van der Waals surface area contributed by atoms with Crippen LogP contribution in [0.1, 0.15) is 24.0 Å². The molecule has 1 fully saturated rings. The lowest BCUT2D eigenvalue weighted by Gasteiger charge is -2.19. The molecule has 1 aromatic heterocycles. The predicted octanol–water partition coefficient (Wildman–Crippen LogP) is 3.72. The number of rotatable bonds is 4. The molecule has 2 aromatic rings. The number of halogens is 5. The van der Waals surface area contributed by atoms with Gasteiger partial charge in [-0.2, -0.15) is 18.3 Å². The molecule has 24 heavy (non-hydrogen) atoms. The van der Waals surface area contributed by atoms with Gasteiger partial charge in [0, 0.05) is 12.0 Å². The summed E-state index contributed by atoms with van der Waals surface area (Å²) in [5.74, 6) is -0.929. The Hall–Kier alpha value is -2.09. The summed E-state index contributed by atoms with van der Waals surface area (Å²) in [6, 6.07) is 2.56. The third-order valence-corrected chi connectivity index (χ3v) is 4.48. The van der Waals surface area contributed by atoms with Gasteiger partial charge >= 0.3 is 6.18 Å². The molecule has 9 heteroatoms. The zero-order chi connectivity index (χ0) is 17.5. The monoisotopic (exact) mass is 361 g/mol. The molecule has 0 spiro atoms. The van der Waals surface area contributed by atoms with E-state index in [9.17, 15) is 22.4 Å². The van der Waals surface area contributed by atoms with E-state index in [0.717, 1.165) is 12.1 Å². The summed E-state index contributed by atoms with van der Waals surface area (Å²) in [5, 5.41) is 8.60. The van der Waals surface area contributed by atoms with Gasteiger partial charge in [-0.1, -0.05) is 11.6 Å². The highest BCUT2D eigenvalue weighted by molar-refractivity contribution is 6.32. The molecule has 0 saturated heterocycles. The minimum atomic E-state index is -4.61. The zero-order valence-electron chi connectivity index (χ0n) is 12.2. The number of anilines is 1. The van der Waals surface area contributed by atoms with E-state index in [1.807, 2.05) is 0 Å². The molecule has 0 radical (unpaired) electrons. The molecule has 0 amide bonds. The largest absolute Gasteiger partial charge is 0.416 e. The van der Waals surface area contributed by atoms with Crippen LogP contribution in [0.3, 0.4) is 0 Å². The van der Waals surface area contributed by atoms with E-state index in [0.29, 0.717) is 18.9 Å².